The number of rotatable bonds is 4. The standard InChI is InChI=1S/C17H18ClF3N2O2S/c18-13-7-3-1-5-11(13)9-26-10-15(24)23-16(25,17(19,20)21)12-6-2-4-8-14(12)22-23/h1,3,5,7,12,25H,2,4,6,8-10H2/t12-,16+/m0/s1. The lowest BCUT2D eigenvalue weighted by Gasteiger charge is -2.38. The molecule has 142 valence electrons. The van der Waals surface area contributed by atoms with Gasteiger partial charge in [-0.05, 0) is 30.9 Å². The lowest BCUT2D eigenvalue weighted by atomic mass is 9.80. The Morgan fingerprint density at radius 1 is 1.38 bits per heavy atom. The van der Waals surface area contributed by atoms with Gasteiger partial charge in [-0.1, -0.05) is 36.2 Å². The Labute approximate surface area is 158 Å². The smallest absolute Gasteiger partial charge is 0.362 e. The van der Waals surface area contributed by atoms with E-state index in [1.807, 2.05) is 0 Å². The summed E-state index contributed by atoms with van der Waals surface area (Å²) in [5.74, 6) is -1.88. The quantitative estimate of drug-likeness (QED) is 0.814. The van der Waals surface area contributed by atoms with Crippen molar-refractivity contribution in [3.63, 3.8) is 0 Å². The summed E-state index contributed by atoms with van der Waals surface area (Å²) in [5.41, 5.74) is -2.19. The fraction of sp³-hybridized carbons (Fsp3) is 0.529. The highest BCUT2D eigenvalue weighted by Gasteiger charge is 2.68. The van der Waals surface area contributed by atoms with Crippen molar-refractivity contribution in [2.75, 3.05) is 5.75 Å². The third-order valence-electron chi connectivity index (χ3n) is 4.71. The molecule has 1 amide bonds. The highest BCUT2D eigenvalue weighted by Crippen LogP contribution is 2.48. The zero-order valence-corrected chi connectivity index (χ0v) is 15.4. The first kappa shape index (κ1) is 19.5. The predicted octanol–water partition coefficient (Wildman–Crippen LogP) is 4.21. The van der Waals surface area contributed by atoms with E-state index in [1.54, 1.807) is 24.3 Å². The van der Waals surface area contributed by atoms with Crippen LogP contribution in [0, 0.1) is 5.92 Å². The second kappa shape index (κ2) is 7.40. The molecule has 26 heavy (non-hydrogen) atoms. The molecule has 0 spiro atoms. The highest BCUT2D eigenvalue weighted by atomic mass is 35.5. The number of fused-ring (bicyclic) bond motifs is 1. The number of amides is 1. The van der Waals surface area contributed by atoms with Gasteiger partial charge in [0, 0.05) is 16.5 Å². The van der Waals surface area contributed by atoms with Crippen LogP contribution in [0.15, 0.2) is 29.4 Å². The molecule has 1 N–H and O–H groups in total. The van der Waals surface area contributed by atoms with Gasteiger partial charge in [-0.25, -0.2) is 0 Å². The minimum atomic E-state index is -4.97. The van der Waals surface area contributed by atoms with Crippen molar-refractivity contribution in [3.8, 4) is 0 Å². The number of benzene rings is 1. The Balaban J connectivity index is 1.72. The van der Waals surface area contributed by atoms with Crippen LogP contribution in [-0.2, 0) is 10.5 Å². The average Bonchev–Trinajstić information content (AvgIpc) is 2.91. The van der Waals surface area contributed by atoms with Crippen LogP contribution in [0.4, 0.5) is 13.2 Å². The van der Waals surface area contributed by atoms with Crippen LogP contribution in [0.25, 0.3) is 0 Å². The fourth-order valence-electron chi connectivity index (χ4n) is 3.39. The molecule has 0 radical (unpaired) electrons. The first-order valence-corrected chi connectivity index (χ1v) is 9.79. The van der Waals surface area contributed by atoms with Crippen molar-refractivity contribution < 1.29 is 23.1 Å². The number of aliphatic hydroxyl groups is 1. The zero-order valence-electron chi connectivity index (χ0n) is 13.8. The number of thioether (sulfide) groups is 1. The van der Waals surface area contributed by atoms with E-state index in [1.165, 1.54) is 0 Å². The fourth-order valence-corrected chi connectivity index (χ4v) is 4.54. The number of carbonyl (C=O) groups excluding carboxylic acids is 1. The van der Waals surface area contributed by atoms with Gasteiger partial charge in [0.15, 0.2) is 0 Å². The summed E-state index contributed by atoms with van der Waals surface area (Å²) in [6.07, 6.45) is -3.13. The second-order valence-electron chi connectivity index (χ2n) is 6.40. The van der Waals surface area contributed by atoms with E-state index in [0.29, 0.717) is 30.0 Å². The molecule has 2 atom stereocenters. The molecule has 0 bridgehead atoms. The first-order valence-electron chi connectivity index (χ1n) is 8.26. The lowest BCUT2D eigenvalue weighted by Crippen LogP contribution is -2.61. The molecule has 0 saturated heterocycles. The van der Waals surface area contributed by atoms with Crippen molar-refractivity contribution in [1.82, 2.24) is 5.01 Å². The maximum atomic E-state index is 13.6. The highest BCUT2D eigenvalue weighted by molar-refractivity contribution is 7.99. The van der Waals surface area contributed by atoms with Gasteiger partial charge in [-0.3, -0.25) is 4.79 Å². The Morgan fingerprint density at radius 2 is 2.12 bits per heavy atom. The van der Waals surface area contributed by atoms with E-state index in [0.717, 1.165) is 17.3 Å². The Kier molecular flexibility index (Phi) is 5.55. The van der Waals surface area contributed by atoms with Crippen LogP contribution in [-0.4, -0.2) is 39.4 Å². The molecule has 0 aromatic heterocycles. The normalized spacial score (nSPS) is 25.8. The van der Waals surface area contributed by atoms with Gasteiger partial charge in [0.1, 0.15) is 0 Å². The molecule has 1 aliphatic carbocycles. The first-order chi connectivity index (χ1) is 12.2. The van der Waals surface area contributed by atoms with E-state index < -0.39 is 23.7 Å². The third-order valence-corrected chi connectivity index (χ3v) is 6.04. The van der Waals surface area contributed by atoms with E-state index >= 15 is 0 Å². The van der Waals surface area contributed by atoms with E-state index in [9.17, 15) is 23.1 Å². The molecular formula is C17H18ClF3N2O2S. The molecule has 9 heteroatoms. The maximum absolute atomic E-state index is 13.6. The van der Waals surface area contributed by atoms with Gasteiger partial charge in [0.25, 0.3) is 11.6 Å². The van der Waals surface area contributed by atoms with Crippen LogP contribution >= 0.6 is 23.4 Å². The summed E-state index contributed by atoms with van der Waals surface area (Å²) >= 11 is 7.17. The summed E-state index contributed by atoms with van der Waals surface area (Å²) in [6.45, 7) is 0. The molecule has 1 fully saturated rings. The molecule has 0 unspecified atom stereocenters. The van der Waals surface area contributed by atoms with Crippen LogP contribution in [0.2, 0.25) is 5.02 Å². The van der Waals surface area contributed by atoms with Crippen molar-refractivity contribution in [2.45, 2.75) is 43.3 Å². The molecule has 1 saturated carbocycles. The number of hydrogen-bond donors (Lipinski definition) is 1. The zero-order chi connectivity index (χ0) is 18.9. The summed E-state index contributed by atoms with van der Waals surface area (Å²) in [7, 11) is 0. The Morgan fingerprint density at radius 3 is 2.81 bits per heavy atom. The molecule has 1 aromatic rings. The molecule has 1 heterocycles. The molecule has 2 aliphatic rings. The average molecular weight is 407 g/mol. The van der Waals surface area contributed by atoms with Gasteiger partial charge < -0.3 is 5.11 Å². The third kappa shape index (κ3) is 3.46. The number of carbonyl (C=O) groups is 1. The number of hydrogen-bond acceptors (Lipinski definition) is 4. The molecule has 1 aliphatic heterocycles. The van der Waals surface area contributed by atoms with E-state index in [4.69, 9.17) is 11.6 Å². The topological polar surface area (TPSA) is 52.9 Å². The van der Waals surface area contributed by atoms with Crippen molar-refractivity contribution in [3.05, 3.63) is 34.9 Å². The number of alkyl halides is 3. The SMILES string of the molecule is O=C(CSCc1ccccc1Cl)N1N=C2CCCC[C@@H]2[C@@]1(O)C(F)(F)F. The minimum Gasteiger partial charge on any atom is -0.362 e. The summed E-state index contributed by atoms with van der Waals surface area (Å²) in [4.78, 5) is 12.4. The summed E-state index contributed by atoms with van der Waals surface area (Å²) in [6, 6.07) is 7.06. The minimum absolute atomic E-state index is 0.172. The van der Waals surface area contributed by atoms with Crippen LogP contribution in [0.3, 0.4) is 0 Å². The van der Waals surface area contributed by atoms with Crippen molar-refractivity contribution >= 4 is 35.0 Å². The maximum Gasteiger partial charge on any atom is 0.439 e. The number of nitrogens with zero attached hydrogens (tertiary/aromatic N) is 2. The van der Waals surface area contributed by atoms with E-state index in [-0.39, 0.29) is 22.9 Å². The van der Waals surface area contributed by atoms with Gasteiger partial charge >= 0.3 is 6.18 Å². The Bertz CT molecular complexity index is 728. The molecule has 4 nitrogen and oxygen atoms in total. The number of halogens is 4. The van der Waals surface area contributed by atoms with Crippen molar-refractivity contribution in [1.29, 1.82) is 0 Å². The van der Waals surface area contributed by atoms with Gasteiger partial charge in [0.05, 0.1) is 11.7 Å². The van der Waals surface area contributed by atoms with Gasteiger partial charge in [-0.2, -0.15) is 23.3 Å². The summed E-state index contributed by atoms with van der Waals surface area (Å²) < 4.78 is 40.9. The summed E-state index contributed by atoms with van der Waals surface area (Å²) in [5, 5.41) is 15.1. The Hall–Kier alpha value is -1.25. The lowest BCUT2D eigenvalue weighted by molar-refractivity contribution is -0.316. The van der Waals surface area contributed by atoms with Crippen molar-refractivity contribution in [2.24, 2.45) is 11.0 Å². The van der Waals surface area contributed by atoms with Gasteiger partial charge in [0.2, 0.25) is 0 Å². The van der Waals surface area contributed by atoms with Crippen LogP contribution in [0.1, 0.15) is 31.2 Å². The monoisotopic (exact) mass is 406 g/mol. The predicted molar refractivity (Wildman–Crippen MR) is 94.9 cm³/mol. The second-order valence-corrected chi connectivity index (χ2v) is 7.80. The number of hydrazone groups is 1. The van der Waals surface area contributed by atoms with Gasteiger partial charge in [-0.15, -0.1) is 11.8 Å². The van der Waals surface area contributed by atoms with Crippen LogP contribution in [0.5, 0.6) is 0 Å². The van der Waals surface area contributed by atoms with E-state index in [2.05, 4.69) is 5.10 Å². The largest absolute Gasteiger partial charge is 0.439 e. The molecule has 3 rings (SSSR count). The molecule has 1 aromatic carbocycles. The molecular weight excluding hydrogens is 389 g/mol. The van der Waals surface area contributed by atoms with Crippen LogP contribution < -0.4 is 0 Å².